The van der Waals surface area contributed by atoms with Gasteiger partial charge in [-0.25, -0.2) is 30.7 Å². The van der Waals surface area contributed by atoms with Crippen LogP contribution in [-0.2, 0) is 0 Å². The fourth-order valence-corrected chi connectivity index (χ4v) is 6.91. The van der Waals surface area contributed by atoms with Gasteiger partial charge < -0.3 is 14.2 Å². The van der Waals surface area contributed by atoms with E-state index in [9.17, 15) is 30.7 Å². The van der Waals surface area contributed by atoms with Crippen molar-refractivity contribution < 1.29 is 62.5 Å². The minimum Gasteiger partial charge on any atom is -0.495 e. The van der Waals surface area contributed by atoms with E-state index in [1.165, 1.54) is 0 Å². The third-order valence-corrected chi connectivity index (χ3v) is 8.42. The van der Waals surface area contributed by atoms with Crippen molar-refractivity contribution in [2.75, 3.05) is 21.3 Å². The lowest BCUT2D eigenvalue weighted by Gasteiger charge is -2.22. The molecule has 0 saturated carbocycles. The van der Waals surface area contributed by atoms with Crippen molar-refractivity contribution in [3.05, 3.63) is 70.1 Å². The quantitative estimate of drug-likeness (QED) is 0.268. The van der Waals surface area contributed by atoms with Crippen LogP contribution in [0.15, 0.2) is 6.07 Å². The SMILES string of the molecule is COc1c(F)c(F)[c]([Al]([c]2c(F)c(F)c(OC)c(F)c2F)[c]2c(F)c(F)cc(F)c2OC)c(F)c1F. The summed E-state index contributed by atoms with van der Waals surface area (Å²) >= 11 is -5.35. The number of rotatable bonds is 6. The van der Waals surface area contributed by atoms with Crippen molar-refractivity contribution in [3.8, 4) is 17.2 Å². The van der Waals surface area contributed by atoms with Crippen LogP contribution >= 0.6 is 0 Å². The predicted molar refractivity (Wildman–Crippen MR) is 103 cm³/mol. The fourth-order valence-electron chi connectivity index (χ4n) is 3.62. The minimum absolute atomic E-state index is 0.118. The van der Waals surface area contributed by atoms with Gasteiger partial charge in [-0.2, -0.15) is 17.6 Å². The number of hydrogen-bond donors (Lipinski definition) is 0. The van der Waals surface area contributed by atoms with Gasteiger partial charge in [0.25, 0.3) is 0 Å². The molecule has 0 fully saturated rings. The summed E-state index contributed by atoms with van der Waals surface area (Å²) in [4.78, 5) is 0. The molecule has 0 unspecified atom stereocenters. The van der Waals surface area contributed by atoms with E-state index in [4.69, 9.17) is 0 Å². The molecule has 3 nitrogen and oxygen atoms in total. The molecule has 0 amide bonds. The zero-order valence-corrected chi connectivity index (χ0v) is 19.2. The average molecular weight is 546 g/mol. The standard InChI is InChI=1S/2C7H3F4O.C7H4F3O.Al/c2*1-12-7-5(10)3(8)2-4(9)6(7)11;1-11-7-3-5(9)4(8)2-6(7)10;/h2*1H3;2H,1H3;. The maximum absolute atomic E-state index is 15.1. The molecule has 0 radical (unpaired) electrons. The number of halogens is 11. The lowest BCUT2D eigenvalue weighted by molar-refractivity contribution is 0.334. The second kappa shape index (κ2) is 10.1. The molecular formula is C21H10AlF11O3. The first-order chi connectivity index (χ1) is 16.8. The summed E-state index contributed by atoms with van der Waals surface area (Å²) in [6.07, 6.45) is 0. The summed E-state index contributed by atoms with van der Waals surface area (Å²) in [5, 5.41) is 0. The van der Waals surface area contributed by atoms with E-state index in [2.05, 4.69) is 14.2 Å². The highest BCUT2D eigenvalue weighted by Crippen LogP contribution is 2.30. The van der Waals surface area contributed by atoms with Gasteiger partial charge in [0, 0.05) is 6.07 Å². The van der Waals surface area contributed by atoms with E-state index < -0.39 is 109 Å². The van der Waals surface area contributed by atoms with Crippen LogP contribution in [0.4, 0.5) is 48.3 Å². The van der Waals surface area contributed by atoms with E-state index in [0.29, 0.717) is 21.3 Å². The van der Waals surface area contributed by atoms with E-state index in [0.717, 1.165) is 0 Å². The highest BCUT2D eigenvalue weighted by molar-refractivity contribution is 6.96. The van der Waals surface area contributed by atoms with Gasteiger partial charge in [-0.05, 0) is 13.3 Å². The normalized spacial score (nSPS) is 11.1. The molecule has 0 aliphatic heterocycles. The molecule has 3 aromatic carbocycles. The Morgan fingerprint density at radius 1 is 0.417 bits per heavy atom. The summed E-state index contributed by atoms with van der Waals surface area (Å²) in [6.45, 7) is 0. The molecule has 0 heterocycles. The third-order valence-electron chi connectivity index (χ3n) is 5.15. The highest BCUT2D eigenvalue weighted by Gasteiger charge is 2.46. The summed E-state index contributed by atoms with van der Waals surface area (Å²) in [7, 11) is 1.80. The molecule has 0 aromatic heterocycles. The van der Waals surface area contributed by atoms with Gasteiger partial charge in [-0.15, -0.1) is 0 Å². The van der Waals surface area contributed by atoms with Gasteiger partial charge in [0.2, 0.25) is 23.3 Å². The van der Waals surface area contributed by atoms with E-state index in [1.807, 2.05) is 0 Å². The van der Waals surface area contributed by atoms with Crippen molar-refractivity contribution >= 4 is 27.4 Å². The second-order valence-corrected chi connectivity index (χ2v) is 9.54. The van der Waals surface area contributed by atoms with Crippen molar-refractivity contribution in [2.45, 2.75) is 0 Å². The Kier molecular flexibility index (Phi) is 7.66. The van der Waals surface area contributed by atoms with E-state index in [1.54, 1.807) is 0 Å². The van der Waals surface area contributed by atoms with Gasteiger partial charge in [-0.1, -0.05) is 0 Å². The summed E-state index contributed by atoms with van der Waals surface area (Å²) in [5.41, 5.74) is 0. The van der Waals surface area contributed by atoms with Gasteiger partial charge in [0.15, 0.2) is 52.2 Å². The zero-order chi connectivity index (χ0) is 27.2. The molecule has 0 aliphatic rings. The number of methoxy groups -OCH3 is 3. The van der Waals surface area contributed by atoms with Gasteiger partial charge >= 0.3 is 14.1 Å². The molecule has 0 atom stereocenters. The molecular weight excluding hydrogens is 536 g/mol. The Labute approximate surface area is 199 Å². The molecule has 36 heavy (non-hydrogen) atoms. The first kappa shape index (κ1) is 27.4. The Hall–Kier alpha value is -3.18. The molecule has 15 heteroatoms. The largest absolute Gasteiger partial charge is 0.495 e. The molecule has 0 saturated heterocycles. The van der Waals surface area contributed by atoms with Crippen LogP contribution < -0.4 is 27.5 Å². The molecule has 0 aliphatic carbocycles. The van der Waals surface area contributed by atoms with Gasteiger partial charge in [-0.3, -0.25) is 0 Å². The maximum atomic E-state index is 15.1. The van der Waals surface area contributed by atoms with Gasteiger partial charge in [0.1, 0.15) is 5.75 Å². The molecule has 192 valence electrons. The van der Waals surface area contributed by atoms with Gasteiger partial charge in [0.05, 0.1) is 21.3 Å². The smallest absolute Gasteiger partial charge is 0.414 e. The lowest BCUT2D eigenvalue weighted by atomic mass is 10.2. The lowest BCUT2D eigenvalue weighted by Crippen LogP contribution is -2.59. The van der Waals surface area contributed by atoms with Crippen LogP contribution in [-0.4, -0.2) is 35.5 Å². The molecule has 0 N–H and O–H groups in total. The maximum Gasteiger partial charge on any atom is 0.414 e. The summed E-state index contributed by atoms with van der Waals surface area (Å²) < 4.78 is 169. The van der Waals surface area contributed by atoms with Crippen LogP contribution in [0.25, 0.3) is 0 Å². The van der Waals surface area contributed by atoms with Crippen LogP contribution in [0, 0.1) is 64.0 Å². The Morgan fingerprint density at radius 2 is 0.750 bits per heavy atom. The second-order valence-electron chi connectivity index (χ2n) is 6.94. The average Bonchev–Trinajstić information content (AvgIpc) is 2.83. The van der Waals surface area contributed by atoms with Crippen molar-refractivity contribution in [2.24, 2.45) is 0 Å². The Bertz CT molecular complexity index is 1250. The third kappa shape index (κ3) is 4.00. The van der Waals surface area contributed by atoms with Crippen LogP contribution in [0.2, 0.25) is 0 Å². The van der Waals surface area contributed by atoms with Crippen LogP contribution in [0.1, 0.15) is 0 Å². The molecule has 3 rings (SSSR count). The summed E-state index contributed by atoms with van der Waals surface area (Å²) in [6, 6.07) is -0.118. The van der Waals surface area contributed by atoms with Crippen molar-refractivity contribution in [1.82, 2.24) is 0 Å². The number of ether oxygens (including phenoxy) is 3. The zero-order valence-electron chi connectivity index (χ0n) is 18.0. The number of benzene rings is 3. The van der Waals surface area contributed by atoms with Crippen LogP contribution in [0.5, 0.6) is 17.2 Å². The van der Waals surface area contributed by atoms with E-state index in [-0.39, 0.29) is 6.07 Å². The number of hydrogen-bond acceptors (Lipinski definition) is 3. The Morgan fingerprint density at radius 3 is 1.06 bits per heavy atom. The predicted octanol–water partition coefficient (Wildman–Crippen LogP) is 3.76. The van der Waals surface area contributed by atoms with Crippen molar-refractivity contribution in [3.63, 3.8) is 0 Å². The fraction of sp³-hybridized carbons (Fsp3) is 0.143. The van der Waals surface area contributed by atoms with E-state index >= 15 is 17.6 Å². The van der Waals surface area contributed by atoms with Crippen molar-refractivity contribution in [1.29, 1.82) is 0 Å². The first-order valence-electron chi connectivity index (χ1n) is 9.36. The molecule has 0 bridgehead atoms. The first-order valence-corrected chi connectivity index (χ1v) is 11.1. The summed E-state index contributed by atoms with van der Waals surface area (Å²) in [5.74, 6) is -29.8. The molecule has 0 spiro atoms. The minimum atomic E-state index is -5.35. The highest BCUT2D eigenvalue weighted by atomic mass is 27.2. The Balaban J connectivity index is 2.68. The van der Waals surface area contributed by atoms with Crippen LogP contribution in [0.3, 0.4) is 0 Å². The monoisotopic (exact) mass is 546 g/mol. The molecule has 3 aromatic rings. The topological polar surface area (TPSA) is 27.7 Å².